The smallest absolute Gasteiger partial charge is 0.407 e. The number of methoxy groups -OCH3 is 2. The van der Waals surface area contributed by atoms with Crippen LogP contribution in [-0.2, 0) is 6.54 Å². The van der Waals surface area contributed by atoms with Gasteiger partial charge in [0.05, 0.1) is 14.2 Å². The van der Waals surface area contributed by atoms with Gasteiger partial charge in [0.2, 0.25) is 0 Å². The number of carbonyl (C=O) groups is 1. The van der Waals surface area contributed by atoms with E-state index in [0.717, 1.165) is 46.5 Å². The summed E-state index contributed by atoms with van der Waals surface area (Å²) in [6, 6.07) is 7.64. The van der Waals surface area contributed by atoms with Gasteiger partial charge in [-0.25, -0.2) is 9.78 Å². The van der Waals surface area contributed by atoms with E-state index in [1.54, 1.807) is 20.4 Å². The number of hydrogen-bond donors (Lipinski definition) is 3. The van der Waals surface area contributed by atoms with E-state index in [0.29, 0.717) is 18.9 Å². The van der Waals surface area contributed by atoms with Crippen molar-refractivity contribution in [3.8, 4) is 11.5 Å². The molecular formula is C22H27N5O4. The zero-order chi connectivity index (χ0) is 22.0. The number of aromatic amines is 1. The summed E-state index contributed by atoms with van der Waals surface area (Å²) in [5.41, 5.74) is 2.67. The number of benzene rings is 1. The van der Waals surface area contributed by atoms with E-state index >= 15 is 0 Å². The number of fused-ring (bicyclic) bond motifs is 1. The predicted molar refractivity (Wildman–Crippen MR) is 117 cm³/mol. The van der Waals surface area contributed by atoms with Crippen LogP contribution >= 0.6 is 0 Å². The Hall–Kier alpha value is -3.49. The van der Waals surface area contributed by atoms with Gasteiger partial charge >= 0.3 is 6.09 Å². The molecule has 0 aliphatic carbocycles. The molecule has 1 amide bonds. The van der Waals surface area contributed by atoms with Crippen molar-refractivity contribution in [1.29, 1.82) is 0 Å². The molecule has 31 heavy (non-hydrogen) atoms. The minimum atomic E-state index is -0.876. The van der Waals surface area contributed by atoms with Crippen LogP contribution in [0.15, 0.2) is 30.5 Å². The molecule has 4 rings (SSSR count). The first-order valence-electron chi connectivity index (χ1n) is 10.3. The average Bonchev–Trinajstić information content (AvgIpc) is 3.22. The SMILES string of the molecule is COc1ccc(CNc2nccc3c(C4CCC(C)N(C(=O)O)C4)[nH]nc23)c(OC)c1. The van der Waals surface area contributed by atoms with Gasteiger partial charge in [0, 0.05) is 54.0 Å². The van der Waals surface area contributed by atoms with E-state index in [4.69, 9.17) is 9.47 Å². The Balaban J connectivity index is 1.56. The molecular weight excluding hydrogens is 398 g/mol. The highest BCUT2D eigenvalue weighted by atomic mass is 16.5. The fourth-order valence-corrected chi connectivity index (χ4v) is 4.19. The van der Waals surface area contributed by atoms with Crippen molar-refractivity contribution < 1.29 is 19.4 Å². The quantitative estimate of drug-likeness (QED) is 0.550. The molecule has 1 aromatic carbocycles. The summed E-state index contributed by atoms with van der Waals surface area (Å²) in [5.74, 6) is 2.20. The maximum Gasteiger partial charge on any atom is 0.407 e. The Morgan fingerprint density at radius 3 is 2.87 bits per heavy atom. The van der Waals surface area contributed by atoms with Crippen LogP contribution in [-0.4, -0.2) is 58.1 Å². The van der Waals surface area contributed by atoms with Crippen molar-refractivity contribution in [2.75, 3.05) is 26.1 Å². The van der Waals surface area contributed by atoms with Gasteiger partial charge in [-0.05, 0) is 38.0 Å². The monoisotopic (exact) mass is 425 g/mol. The van der Waals surface area contributed by atoms with Crippen LogP contribution in [0, 0.1) is 0 Å². The van der Waals surface area contributed by atoms with Gasteiger partial charge in [-0.2, -0.15) is 5.10 Å². The second-order valence-electron chi connectivity index (χ2n) is 7.78. The fraction of sp³-hybridized carbons (Fsp3) is 0.409. The van der Waals surface area contributed by atoms with Crippen molar-refractivity contribution in [1.82, 2.24) is 20.1 Å². The number of piperidine rings is 1. The Kier molecular flexibility index (Phi) is 5.83. The third kappa shape index (κ3) is 4.08. The summed E-state index contributed by atoms with van der Waals surface area (Å²) in [6.45, 7) is 2.92. The number of aromatic nitrogens is 3. The maximum absolute atomic E-state index is 11.6. The van der Waals surface area contributed by atoms with Gasteiger partial charge in [0.25, 0.3) is 0 Å². The largest absolute Gasteiger partial charge is 0.497 e. The van der Waals surface area contributed by atoms with Crippen LogP contribution < -0.4 is 14.8 Å². The van der Waals surface area contributed by atoms with Crippen LogP contribution in [0.25, 0.3) is 10.9 Å². The Bertz CT molecular complexity index is 1080. The number of amides is 1. The lowest BCUT2D eigenvalue weighted by atomic mass is 9.90. The third-order valence-corrected chi connectivity index (χ3v) is 5.98. The minimum absolute atomic E-state index is 0.0290. The molecule has 3 heterocycles. The lowest BCUT2D eigenvalue weighted by Crippen LogP contribution is -2.44. The number of nitrogens with zero attached hydrogens (tertiary/aromatic N) is 3. The highest BCUT2D eigenvalue weighted by Crippen LogP contribution is 2.34. The van der Waals surface area contributed by atoms with Gasteiger partial charge in [0.1, 0.15) is 17.0 Å². The summed E-state index contributed by atoms with van der Waals surface area (Å²) < 4.78 is 10.7. The molecule has 164 valence electrons. The number of anilines is 1. The molecule has 1 saturated heterocycles. The molecule has 1 fully saturated rings. The second kappa shape index (κ2) is 8.71. The predicted octanol–water partition coefficient (Wildman–Crippen LogP) is 3.83. The Morgan fingerprint density at radius 1 is 1.29 bits per heavy atom. The van der Waals surface area contributed by atoms with E-state index < -0.39 is 6.09 Å². The molecule has 3 aromatic rings. The van der Waals surface area contributed by atoms with E-state index in [2.05, 4.69) is 20.5 Å². The molecule has 1 aliphatic rings. The molecule has 3 N–H and O–H groups in total. The van der Waals surface area contributed by atoms with Crippen LogP contribution in [0.4, 0.5) is 10.6 Å². The highest BCUT2D eigenvalue weighted by molar-refractivity contribution is 5.90. The highest BCUT2D eigenvalue weighted by Gasteiger charge is 2.31. The average molecular weight is 425 g/mol. The van der Waals surface area contributed by atoms with Gasteiger partial charge in [0.15, 0.2) is 5.82 Å². The summed E-state index contributed by atoms with van der Waals surface area (Å²) in [4.78, 5) is 17.5. The van der Waals surface area contributed by atoms with Crippen LogP contribution in [0.1, 0.15) is 36.9 Å². The first kappa shape index (κ1) is 20.8. The lowest BCUT2D eigenvalue weighted by molar-refractivity contribution is 0.105. The Labute approximate surface area is 180 Å². The van der Waals surface area contributed by atoms with Crippen molar-refractivity contribution in [2.24, 2.45) is 0 Å². The second-order valence-corrected chi connectivity index (χ2v) is 7.78. The number of pyridine rings is 1. The van der Waals surface area contributed by atoms with Gasteiger partial charge < -0.3 is 24.8 Å². The lowest BCUT2D eigenvalue weighted by Gasteiger charge is -2.35. The number of hydrogen-bond acceptors (Lipinski definition) is 6. The zero-order valence-electron chi connectivity index (χ0n) is 17.9. The molecule has 2 atom stereocenters. The van der Waals surface area contributed by atoms with Crippen molar-refractivity contribution in [2.45, 2.75) is 38.3 Å². The molecule has 0 radical (unpaired) electrons. The van der Waals surface area contributed by atoms with Crippen LogP contribution in [0.3, 0.4) is 0 Å². The first-order valence-corrected chi connectivity index (χ1v) is 10.3. The first-order chi connectivity index (χ1) is 15.0. The normalized spacial score (nSPS) is 18.7. The van der Waals surface area contributed by atoms with Crippen molar-refractivity contribution in [3.63, 3.8) is 0 Å². The number of H-pyrrole nitrogens is 1. The molecule has 2 unspecified atom stereocenters. The standard InChI is InChI=1S/C22H27N5O4/c1-13-4-5-15(12-27(13)22(28)29)19-17-8-9-23-21(20(17)26-25-19)24-11-14-6-7-16(30-2)10-18(14)31-3/h6-10,13,15H,4-5,11-12H2,1-3H3,(H,23,24)(H,25,26)(H,28,29). The minimum Gasteiger partial charge on any atom is -0.497 e. The van der Waals surface area contributed by atoms with Crippen LogP contribution in [0.5, 0.6) is 11.5 Å². The van der Waals surface area contributed by atoms with Gasteiger partial charge in [-0.15, -0.1) is 0 Å². The van der Waals surface area contributed by atoms with Crippen molar-refractivity contribution >= 4 is 22.8 Å². The molecule has 0 saturated carbocycles. The number of rotatable bonds is 6. The molecule has 9 heteroatoms. The number of nitrogens with one attached hydrogen (secondary N) is 2. The van der Waals surface area contributed by atoms with E-state index in [1.165, 1.54) is 4.90 Å². The van der Waals surface area contributed by atoms with Crippen molar-refractivity contribution in [3.05, 3.63) is 41.7 Å². The fourth-order valence-electron chi connectivity index (χ4n) is 4.19. The van der Waals surface area contributed by atoms with E-state index in [-0.39, 0.29) is 12.0 Å². The Morgan fingerprint density at radius 2 is 2.13 bits per heavy atom. The summed E-state index contributed by atoms with van der Waals surface area (Å²) in [7, 11) is 3.25. The zero-order valence-corrected chi connectivity index (χ0v) is 17.9. The molecule has 0 spiro atoms. The van der Waals surface area contributed by atoms with Crippen LogP contribution in [0.2, 0.25) is 0 Å². The number of carboxylic acid groups (broad SMARTS) is 1. The van der Waals surface area contributed by atoms with E-state index in [1.807, 2.05) is 31.2 Å². The van der Waals surface area contributed by atoms with E-state index in [9.17, 15) is 9.90 Å². The number of ether oxygens (including phenoxy) is 2. The summed E-state index contributed by atoms with van der Waals surface area (Å²) in [5, 5.41) is 21.4. The molecule has 2 aromatic heterocycles. The van der Waals surface area contributed by atoms with Gasteiger partial charge in [-0.3, -0.25) is 5.10 Å². The molecule has 9 nitrogen and oxygen atoms in total. The molecule has 0 bridgehead atoms. The topological polar surface area (TPSA) is 113 Å². The maximum atomic E-state index is 11.6. The summed E-state index contributed by atoms with van der Waals surface area (Å²) >= 11 is 0. The van der Waals surface area contributed by atoms with Gasteiger partial charge in [-0.1, -0.05) is 0 Å². The molecule has 1 aliphatic heterocycles. The summed E-state index contributed by atoms with van der Waals surface area (Å²) in [6.07, 6.45) is 2.61. The third-order valence-electron chi connectivity index (χ3n) is 5.98. The number of likely N-dealkylation sites (tertiary alicyclic amines) is 1.